The minimum atomic E-state index is -3.85. The van der Waals surface area contributed by atoms with Crippen LogP contribution in [0.3, 0.4) is 0 Å². The van der Waals surface area contributed by atoms with Crippen LogP contribution in [0.2, 0.25) is 0 Å². The highest BCUT2D eigenvalue weighted by Gasteiger charge is 2.24. The van der Waals surface area contributed by atoms with Crippen LogP contribution in [0.4, 0.5) is 11.4 Å². The van der Waals surface area contributed by atoms with E-state index in [1.165, 1.54) is 22.5 Å². The minimum Gasteiger partial charge on any atom is -0.322 e. The standard InChI is InChI=1S/C22H20N4O4S/c1-2-26(17-8-4-3-5-9-17)31(29,30)18-10-6-7-15(13-18)21(27)23-16-11-12-19-20(14-16)25-22(28)24-19/h3-14H,2H2,1H3,(H,23,27)(H2,24,25,28). The van der Waals surface area contributed by atoms with Gasteiger partial charge in [-0.1, -0.05) is 24.3 Å². The van der Waals surface area contributed by atoms with Crippen LogP contribution >= 0.6 is 0 Å². The Labute approximate surface area is 178 Å². The number of sulfonamides is 1. The van der Waals surface area contributed by atoms with Gasteiger partial charge in [0.1, 0.15) is 0 Å². The highest BCUT2D eigenvalue weighted by Crippen LogP contribution is 2.24. The molecule has 1 aromatic heterocycles. The fourth-order valence-corrected chi connectivity index (χ4v) is 4.84. The molecular weight excluding hydrogens is 416 g/mol. The summed E-state index contributed by atoms with van der Waals surface area (Å²) >= 11 is 0. The number of imidazole rings is 1. The number of nitrogens with one attached hydrogen (secondary N) is 3. The average Bonchev–Trinajstić information content (AvgIpc) is 3.14. The molecule has 0 atom stereocenters. The van der Waals surface area contributed by atoms with E-state index in [2.05, 4.69) is 15.3 Å². The number of amides is 1. The molecule has 158 valence electrons. The van der Waals surface area contributed by atoms with Gasteiger partial charge in [-0.3, -0.25) is 9.10 Å². The van der Waals surface area contributed by atoms with Crippen LogP contribution in [-0.4, -0.2) is 30.8 Å². The van der Waals surface area contributed by atoms with Crippen LogP contribution in [-0.2, 0) is 10.0 Å². The van der Waals surface area contributed by atoms with Crippen LogP contribution in [0.1, 0.15) is 17.3 Å². The lowest BCUT2D eigenvalue weighted by atomic mass is 10.2. The maximum atomic E-state index is 13.2. The molecule has 0 saturated heterocycles. The molecule has 0 spiro atoms. The first-order valence-electron chi connectivity index (χ1n) is 9.60. The zero-order chi connectivity index (χ0) is 22.0. The third-order valence-corrected chi connectivity index (χ3v) is 6.69. The predicted molar refractivity (Wildman–Crippen MR) is 120 cm³/mol. The van der Waals surface area contributed by atoms with Crippen molar-refractivity contribution in [2.75, 3.05) is 16.2 Å². The van der Waals surface area contributed by atoms with Crippen molar-refractivity contribution in [3.05, 3.63) is 88.8 Å². The number of carbonyl (C=O) groups is 1. The predicted octanol–water partition coefficient (Wildman–Crippen LogP) is 3.32. The molecule has 0 radical (unpaired) electrons. The van der Waals surface area contributed by atoms with Gasteiger partial charge in [-0.05, 0) is 55.5 Å². The average molecular weight is 436 g/mol. The van der Waals surface area contributed by atoms with Gasteiger partial charge in [0.2, 0.25) is 0 Å². The molecule has 4 rings (SSSR count). The Morgan fingerprint density at radius 2 is 1.68 bits per heavy atom. The van der Waals surface area contributed by atoms with Gasteiger partial charge in [0.05, 0.1) is 21.6 Å². The van der Waals surface area contributed by atoms with Gasteiger partial charge >= 0.3 is 5.69 Å². The molecular formula is C22H20N4O4S. The molecule has 0 aliphatic carbocycles. The van der Waals surface area contributed by atoms with Crippen molar-refractivity contribution in [2.45, 2.75) is 11.8 Å². The first-order valence-corrected chi connectivity index (χ1v) is 11.0. The van der Waals surface area contributed by atoms with Gasteiger partial charge in [0, 0.05) is 17.8 Å². The Morgan fingerprint density at radius 1 is 0.935 bits per heavy atom. The number of anilines is 2. The molecule has 8 nitrogen and oxygen atoms in total. The van der Waals surface area contributed by atoms with Crippen molar-refractivity contribution in [2.24, 2.45) is 0 Å². The summed E-state index contributed by atoms with van der Waals surface area (Å²) in [5.41, 5.74) is 2.06. The minimum absolute atomic E-state index is 0.0243. The highest BCUT2D eigenvalue weighted by atomic mass is 32.2. The molecule has 1 heterocycles. The topological polar surface area (TPSA) is 115 Å². The smallest absolute Gasteiger partial charge is 0.322 e. The number of carbonyl (C=O) groups excluding carboxylic acids is 1. The summed E-state index contributed by atoms with van der Waals surface area (Å²) in [5.74, 6) is -0.461. The quantitative estimate of drug-likeness (QED) is 0.430. The van der Waals surface area contributed by atoms with E-state index in [0.717, 1.165) is 0 Å². The number of H-pyrrole nitrogens is 2. The first-order chi connectivity index (χ1) is 14.9. The van der Waals surface area contributed by atoms with Crippen molar-refractivity contribution in [3.8, 4) is 0 Å². The lowest BCUT2D eigenvalue weighted by Gasteiger charge is -2.23. The number of aromatic amines is 2. The molecule has 3 aromatic carbocycles. The maximum Gasteiger partial charge on any atom is 0.323 e. The molecule has 3 N–H and O–H groups in total. The third-order valence-electron chi connectivity index (χ3n) is 4.79. The lowest BCUT2D eigenvalue weighted by molar-refractivity contribution is 0.102. The number of hydrogen-bond acceptors (Lipinski definition) is 4. The van der Waals surface area contributed by atoms with E-state index < -0.39 is 15.9 Å². The molecule has 0 aliphatic rings. The Kier molecular flexibility index (Phi) is 5.35. The number of benzene rings is 3. The molecule has 1 amide bonds. The van der Waals surface area contributed by atoms with Gasteiger partial charge in [-0.2, -0.15) is 0 Å². The zero-order valence-electron chi connectivity index (χ0n) is 16.6. The van der Waals surface area contributed by atoms with Crippen molar-refractivity contribution in [1.82, 2.24) is 9.97 Å². The second kappa shape index (κ2) is 8.11. The summed E-state index contributed by atoms with van der Waals surface area (Å²) in [6.45, 7) is 2.00. The van der Waals surface area contributed by atoms with E-state index in [-0.39, 0.29) is 22.7 Å². The molecule has 0 fully saturated rings. The highest BCUT2D eigenvalue weighted by molar-refractivity contribution is 7.92. The van der Waals surface area contributed by atoms with Crippen molar-refractivity contribution < 1.29 is 13.2 Å². The van der Waals surface area contributed by atoms with Crippen molar-refractivity contribution in [3.63, 3.8) is 0 Å². The van der Waals surface area contributed by atoms with Crippen molar-refractivity contribution in [1.29, 1.82) is 0 Å². The number of rotatable bonds is 6. The van der Waals surface area contributed by atoms with E-state index >= 15 is 0 Å². The van der Waals surface area contributed by atoms with Gasteiger partial charge in [0.25, 0.3) is 15.9 Å². The summed E-state index contributed by atoms with van der Waals surface area (Å²) in [6, 6.07) is 19.6. The van der Waals surface area contributed by atoms with E-state index in [1.54, 1.807) is 55.5 Å². The van der Waals surface area contributed by atoms with Gasteiger partial charge in [-0.25, -0.2) is 13.2 Å². The number of fused-ring (bicyclic) bond motifs is 1. The molecule has 0 saturated carbocycles. The zero-order valence-corrected chi connectivity index (χ0v) is 17.4. The Hall–Kier alpha value is -3.85. The van der Waals surface area contributed by atoms with Gasteiger partial charge in [0.15, 0.2) is 0 Å². The van der Waals surface area contributed by atoms with Gasteiger partial charge in [-0.15, -0.1) is 0 Å². The fourth-order valence-electron chi connectivity index (χ4n) is 3.32. The Bertz CT molecular complexity index is 1410. The van der Waals surface area contributed by atoms with E-state index in [0.29, 0.717) is 22.4 Å². The summed E-state index contributed by atoms with van der Waals surface area (Å²) in [5, 5.41) is 2.73. The monoisotopic (exact) mass is 436 g/mol. The number of hydrogen-bond donors (Lipinski definition) is 3. The number of nitrogens with zero attached hydrogens (tertiary/aromatic N) is 1. The maximum absolute atomic E-state index is 13.2. The number of aromatic nitrogens is 2. The molecule has 0 bridgehead atoms. The fraction of sp³-hybridized carbons (Fsp3) is 0.0909. The second-order valence-electron chi connectivity index (χ2n) is 6.83. The number of para-hydroxylation sites is 1. The van der Waals surface area contributed by atoms with E-state index in [4.69, 9.17) is 0 Å². The summed E-state index contributed by atoms with van der Waals surface area (Å²) in [4.78, 5) is 29.4. The molecule has 9 heteroatoms. The molecule has 0 unspecified atom stereocenters. The third kappa shape index (κ3) is 4.08. The van der Waals surface area contributed by atoms with Gasteiger partial charge < -0.3 is 15.3 Å². The summed E-state index contributed by atoms with van der Waals surface area (Å²) in [6.07, 6.45) is 0. The lowest BCUT2D eigenvalue weighted by Crippen LogP contribution is -2.30. The largest absolute Gasteiger partial charge is 0.323 e. The van der Waals surface area contributed by atoms with E-state index in [9.17, 15) is 18.0 Å². The van der Waals surface area contributed by atoms with Crippen LogP contribution in [0.15, 0.2) is 82.5 Å². The molecule has 31 heavy (non-hydrogen) atoms. The molecule has 0 aliphatic heterocycles. The Morgan fingerprint density at radius 3 is 2.42 bits per heavy atom. The van der Waals surface area contributed by atoms with Crippen molar-refractivity contribution >= 4 is 38.3 Å². The first kappa shape index (κ1) is 20.4. The van der Waals surface area contributed by atoms with Crippen LogP contribution in [0.5, 0.6) is 0 Å². The van der Waals surface area contributed by atoms with Crippen LogP contribution < -0.4 is 15.3 Å². The van der Waals surface area contributed by atoms with Crippen LogP contribution in [0.25, 0.3) is 11.0 Å². The SMILES string of the molecule is CCN(c1ccccc1)S(=O)(=O)c1cccc(C(=O)Nc2ccc3[nH]c(=O)[nH]c3c2)c1. The summed E-state index contributed by atoms with van der Waals surface area (Å²) in [7, 11) is -3.85. The normalized spacial score (nSPS) is 11.4. The second-order valence-corrected chi connectivity index (χ2v) is 8.69. The van der Waals surface area contributed by atoms with E-state index in [1.807, 2.05) is 6.07 Å². The summed E-state index contributed by atoms with van der Waals surface area (Å²) < 4.78 is 27.7. The van der Waals surface area contributed by atoms with Crippen LogP contribution in [0, 0.1) is 0 Å². The Balaban J connectivity index is 1.62. The molecule has 4 aromatic rings.